The average Bonchev–Trinajstić information content (AvgIpc) is 2.98. The van der Waals surface area contributed by atoms with Crippen molar-refractivity contribution < 1.29 is 13.9 Å². The first-order chi connectivity index (χ1) is 10.6. The standard InChI is InChI=1S/C17H15NO4/c1-11-3-5-14-13(9-11)15(19)7-8-18(14)10-12-4-6-16(22-12)17(20)21-2/h3-9H,10H2,1-2H3. The third-order valence-electron chi connectivity index (χ3n) is 3.51. The number of pyridine rings is 1. The van der Waals surface area contributed by atoms with Crippen LogP contribution in [0.25, 0.3) is 10.9 Å². The fourth-order valence-electron chi connectivity index (χ4n) is 2.40. The van der Waals surface area contributed by atoms with E-state index in [-0.39, 0.29) is 11.2 Å². The van der Waals surface area contributed by atoms with E-state index < -0.39 is 5.97 Å². The van der Waals surface area contributed by atoms with E-state index in [0.717, 1.165) is 11.1 Å². The fraction of sp³-hybridized carbons (Fsp3) is 0.176. The van der Waals surface area contributed by atoms with Crippen molar-refractivity contribution in [1.82, 2.24) is 4.57 Å². The molecular formula is C17H15NO4. The van der Waals surface area contributed by atoms with Crippen LogP contribution in [0.3, 0.4) is 0 Å². The lowest BCUT2D eigenvalue weighted by Gasteiger charge is -2.09. The monoisotopic (exact) mass is 297 g/mol. The van der Waals surface area contributed by atoms with Crippen LogP contribution in [0.1, 0.15) is 21.9 Å². The number of aryl methyl sites for hydroxylation is 1. The summed E-state index contributed by atoms with van der Waals surface area (Å²) < 4.78 is 12.0. The van der Waals surface area contributed by atoms with Gasteiger partial charge in [-0.3, -0.25) is 4.79 Å². The minimum absolute atomic E-state index is 0.00959. The van der Waals surface area contributed by atoms with Crippen LogP contribution in [0.5, 0.6) is 0 Å². The molecular weight excluding hydrogens is 282 g/mol. The Labute approximate surface area is 126 Å². The maximum absolute atomic E-state index is 12.0. The number of nitrogens with zero attached hydrogens (tertiary/aromatic N) is 1. The first kappa shape index (κ1) is 14.1. The van der Waals surface area contributed by atoms with Crippen LogP contribution in [-0.2, 0) is 11.3 Å². The normalized spacial score (nSPS) is 10.8. The molecule has 3 rings (SSSR count). The molecule has 0 fully saturated rings. The van der Waals surface area contributed by atoms with Crippen LogP contribution in [0.2, 0.25) is 0 Å². The van der Waals surface area contributed by atoms with Crippen LogP contribution in [0, 0.1) is 6.92 Å². The van der Waals surface area contributed by atoms with Gasteiger partial charge in [0.15, 0.2) is 5.43 Å². The van der Waals surface area contributed by atoms with Crippen molar-refractivity contribution in [1.29, 1.82) is 0 Å². The molecule has 112 valence electrons. The highest BCUT2D eigenvalue weighted by Crippen LogP contribution is 2.16. The molecule has 0 atom stereocenters. The molecule has 0 saturated carbocycles. The largest absolute Gasteiger partial charge is 0.463 e. The molecule has 2 heterocycles. The highest BCUT2D eigenvalue weighted by atomic mass is 16.5. The van der Waals surface area contributed by atoms with Crippen molar-refractivity contribution in [3.8, 4) is 0 Å². The van der Waals surface area contributed by atoms with Crippen LogP contribution in [0.4, 0.5) is 0 Å². The minimum atomic E-state index is -0.508. The van der Waals surface area contributed by atoms with Gasteiger partial charge >= 0.3 is 5.97 Å². The molecule has 0 N–H and O–H groups in total. The quantitative estimate of drug-likeness (QED) is 0.697. The van der Waals surface area contributed by atoms with Crippen LogP contribution >= 0.6 is 0 Å². The number of esters is 1. The second-order valence-electron chi connectivity index (χ2n) is 5.09. The summed E-state index contributed by atoms with van der Waals surface area (Å²) in [6, 6.07) is 10.6. The molecule has 0 unspecified atom stereocenters. The summed E-state index contributed by atoms with van der Waals surface area (Å²) in [6.45, 7) is 2.38. The Hall–Kier alpha value is -2.82. The van der Waals surface area contributed by atoms with Crippen LogP contribution in [-0.4, -0.2) is 17.6 Å². The van der Waals surface area contributed by atoms with Gasteiger partial charge in [-0.15, -0.1) is 0 Å². The van der Waals surface area contributed by atoms with E-state index in [1.807, 2.05) is 29.7 Å². The molecule has 2 aromatic heterocycles. The lowest BCUT2D eigenvalue weighted by Crippen LogP contribution is -2.08. The summed E-state index contributed by atoms with van der Waals surface area (Å²) in [5.74, 6) is 0.274. The molecule has 0 aliphatic heterocycles. The minimum Gasteiger partial charge on any atom is -0.463 e. The Balaban J connectivity index is 2.01. The van der Waals surface area contributed by atoms with E-state index in [2.05, 4.69) is 4.74 Å². The second-order valence-corrected chi connectivity index (χ2v) is 5.09. The van der Waals surface area contributed by atoms with Gasteiger partial charge in [0, 0.05) is 17.6 Å². The molecule has 0 amide bonds. The summed E-state index contributed by atoms with van der Waals surface area (Å²) in [5.41, 5.74) is 1.85. The summed E-state index contributed by atoms with van der Waals surface area (Å²) in [5, 5.41) is 0.669. The van der Waals surface area contributed by atoms with Crippen molar-refractivity contribution in [2.24, 2.45) is 0 Å². The number of benzene rings is 1. The number of hydrogen-bond donors (Lipinski definition) is 0. The molecule has 3 aromatic rings. The molecule has 0 radical (unpaired) electrons. The van der Waals surface area contributed by atoms with Gasteiger partial charge in [0.1, 0.15) is 5.76 Å². The van der Waals surface area contributed by atoms with Crippen LogP contribution < -0.4 is 5.43 Å². The summed E-state index contributed by atoms with van der Waals surface area (Å²) >= 11 is 0. The summed E-state index contributed by atoms with van der Waals surface area (Å²) in [6.07, 6.45) is 1.72. The number of fused-ring (bicyclic) bond motifs is 1. The van der Waals surface area contributed by atoms with Crippen molar-refractivity contribution >= 4 is 16.9 Å². The zero-order valence-corrected chi connectivity index (χ0v) is 12.3. The molecule has 5 heteroatoms. The van der Waals surface area contributed by atoms with Gasteiger partial charge in [-0.1, -0.05) is 11.6 Å². The summed E-state index contributed by atoms with van der Waals surface area (Å²) in [7, 11) is 1.31. The predicted octanol–water partition coefficient (Wildman–Crippen LogP) is 2.74. The zero-order valence-electron chi connectivity index (χ0n) is 12.3. The van der Waals surface area contributed by atoms with Crippen molar-refractivity contribution in [2.45, 2.75) is 13.5 Å². The SMILES string of the molecule is COC(=O)c1ccc(Cn2ccc(=O)c3cc(C)ccc32)o1. The van der Waals surface area contributed by atoms with Gasteiger partial charge in [0.05, 0.1) is 19.2 Å². The predicted molar refractivity (Wildman–Crippen MR) is 82.1 cm³/mol. The molecule has 0 spiro atoms. The Kier molecular flexibility index (Phi) is 3.55. The van der Waals surface area contributed by atoms with E-state index in [9.17, 15) is 9.59 Å². The van der Waals surface area contributed by atoms with E-state index >= 15 is 0 Å². The first-order valence-electron chi connectivity index (χ1n) is 6.85. The van der Waals surface area contributed by atoms with Crippen LogP contribution in [0.15, 0.2) is 51.8 Å². The maximum Gasteiger partial charge on any atom is 0.373 e. The second kappa shape index (κ2) is 5.52. The van der Waals surface area contributed by atoms with E-state index in [4.69, 9.17) is 4.42 Å². The fourth-order valence-corrected chi connectivity index (χ4v) is 2.40. The number of aromatic nitrogens is 1. The molecule has 0 saturated heterocycles. The molecule has 22 heavy (non-hydrogen) atoms. The van der Waals surface area contributed by atoms with Gasteiger partial charge in [-0.05, 0) is 31.2 Å². The first-order valence-corrected chi connectivity index (χ1v) is 6.85. The number of furan rings is 1. The molecule has 1 aromatic carbocycles. The van der Waals surface area contributed by atoms with Gasteiger partial charge in [-0.2, -0.15) is 0 Å². The number of hydrogen-bond acceptors (Lipinski definition) is 4. The zero-order chi connectivity index (χ0) is 15.7. The summed E-state index contributed by atoms with van der Waals surface area (Å²) in [4.78, 5) is 23.4. The van der Waals surface area contributed by atoms with Crippen molar-refractivity contribution in [2.75, 3.05) is 7.11 Å². The smallest absolute Gasteiger partial charge is 0.373 e. The topological polar surface area (TPSA) is 61.4 Å². The van der Waals surface area contributed by atoms with E-state index in [1.54, 1.807) is 18.3 Å². The Morgan fingerprint density at radius 2 is 2.05 bits per heavy atom. The molecule has 0 bridgehead atoms. The molecule has 5 nitrogen and oxygen atoms in total. The van der Waals surface area contributed by atoms with E-state index in [0.29, 0.717) is 17.7 Å². The lowest BCUT2D eigenvalue weighted by molar-refractivity contribution is 0.0563. The Morgan fingerprint density at radius 1 is 1.23 bits per heavy atom. The lowest BCUT2D eigenvalue weighted by atomic mass is 10.1. The number of carbonyl (C=O) groups excluding carboxylic acids is 1. The highest BCUT2D eigenvalue weighted by molar-refractivity contribution is 5.86. The number of ether oxygens (including phenoxy) is 1. The Morgan fingerprint density at radius 3 is 2.82 bits per heavy atom. The third-order valence-corrected chi connectivity index (χ3v) is 3.51. The molecule has 0 aliphatic carbocycles. The third kappa shape index (κ3) is 2.53. The Bertz CT molecular complexity index is 904. The van der Waals surface area contributed by atoms with E-state index in [1.165, 1.54) is 13.2 Å². The number of rotatable bonds is 3. The van der Waals surface area contributed by atoms with Gasteiger partial charge in [-0.25, -0.2) is 4.79 Å². The molecule has 0 aliphatic rings. The maximum atomic E-state index is 12.0. The van der Waals surface area contributed by atoms with Gasteiger partial charge in [0.25, 0.3) is 0 Å². The van der Waals surface area contributed by atoms with Crippen molar-refractivity contribution in [3.63, 3.8) is 0 Å². The number of carbonyl (C=O) groups is 1. The van der Waals surface area contributed by atoms with Gasteiger partial charge in [0.2, 0.25) is 5.76 Å². The van der Waals surface area contributed by atoms with Crippen molar-refractivity contribution in [3.05, 3.63) is 69.9 Å². The number of methoxy groups -OCH3 is 1. The average molecular weight is 297 g/mol. The highest BCUT2D eigenvalue weighted by Gasteiger charge is 2.12. The van der Waals surface area contributed by atoms with Gasteiger partial charge < -0.3 is 13.7 Å².